The van der Waals surface area contributed by atoms with Crippen molar-refractivity contribution in [3.05, 3.63) is 76.0 Å². The number of furan rings is 1. The van der Waals surface area contributed by atoms with Crippen LogP contribution in [-0.2, 0) is 9.59 Å². The fourth-order valence-corrected chi connectivity index (χ4v) is 3.61. The van der Waals surface area contributed by atoms with E-state index in [0.717, 1.165) is 5.56 Å². The molecule has 200 valence electrons. The van der Waals surface area contributed by atoms with Crippen LogP contribution in [0.2, 0.25) is 0 Å². The molecule has 0 radical (unpaired) electrons. The zero-order valence-corrected chi connectivity index (χ0v) is 21.6. The minimum Gasteiger partial charge on any atom is -0.496 e. The molecule has 0 aliphatic carbocycles. The zero-order valence-electron chi connectivity index (χ0n) is 21.6. The van der Waals surface area contributed by atoms with Gasteiger partial charge in [-0.15, -0.1) is 0 Å². The Hall–Kier alpha value is -4.67. The lowest BCUT2D eigenvalue weighted by atomic mass is 10.0. The summed E-state index contributed by atoms with van der Waals surface area (Å²) in [4.78, 5) is 35.8. The van der Waals surface area contributed by atoms with Crippen LogP contribution >= 0.6 is 0 Å². The van der Waals surface area contributed by atoms with Crippen LogP contribution in [0.4, 0.5) is 5.69 Å². The number of nitrogens with one attached hydrogen (secondary N) is 2. The van der Waals surface area contributed by atoms with E-state index in [4.69, 9.17) is 13.9 Å². The number of ether oxygens (including phenoxy) is 2. The van der Waals surface area contributed by atoms with Crippen LogP contribution in [0.1, 0.15) is 31.6 Å². The fourth-order valence-electron chi connectivity index (χ4n) is 3.61. The third kappa shape index (κ3) is 7.66. The first-order valence-corrected chi connectivity index (χ1v) is 11.9. The number of hydrogen-bond acceptors (Lipinski definition) is 8. The number of carbonyl (C=O) groups is 2. The number of para-hydroxylation sites is 1. The van der Waals surface area contributed by atoms with Crippen LogP contribution in [0, 0.1) is 23.0 Å². The van der Waals surface area contributed by atoms with Gasteiger partial charge in [0.1, 0.15) is 29.1 Å². The summed E-state index contributed by atoms with van der Waals surface area (Å²) in [5, 5.41) is 17.8. The number of methoxy groups -OCH3 is 1. The molecule has 3 aromatic rings. The maximum atomic E-state index is 12.8. The molecule has 0 spiro atoms. The second kappa shape index (κ2) is 13.0. The number of nitrogens with zero attached hydrogens (tertiary/aromatic N) is 2. The summed E-state index contributed by atoms with van der Waals surface area (Å²) in [6.45, 7) is 5.52. The van der Waals surface area contributed by atoms with E-state index in [1.54, 1.807) is 18.2 Å². The Morgan fingerprint density at radius 1 is 1.13 bits per heavy atom. The van der Waals surface area contributed by atoms with Gasteiger partial charge in [0.15, 0.2) is 6.61 Å². The van der Waals surface area contributed by atoms with E-state index < -0.39 is 22.8 Å². The Morgan fingerprint density at radius 3 is 2.58 bits per heavy atom. The fraction of sp³-hybridized carbons (Fsp3) is 0.296. The van der Waals surface area contributed by atoms with Crippen molar-refractivity contribution >= 4 is 23.7 Å². The molecule has 0 unspecified atom stereocenters. The molecule has 1 aromatic heterocycles. The van der Waals surface area contributed by atoms with Gasteiger partial charge in [-0.3, -0.25) is 19.7 Å². The number of benzene rings is 2. The highest BCUT2D eigenvalue weighted by molar-refractivity contribution is 5.89. The summed E-state index contributed by atoms with van der Waals surface area (Å²) in [6.07, 6.45) is 1.69. The van der Waals surface area contributed by atoms with Gasteiger partial charge in [0.05, 0.1) is 23.8 Å². The van der Waals surface area contributed by atoms with Crippen molar-refractivity contribution in [1.29, 1.82) is 0 Å². The highest BCUT2D eigenvalue weighted by Gasteiger charge is 2.22. The van der Waals surface area contributed by atoms with Gasteiger partial charge in [0, 0.05) is 12.1 Å². The molecule has 11 heteroatoms. The summed E-state index contributed by atoms with van der Waals surface area (Å²) in [7, 11) is 1.45. The van der Waals surface area contributed by atoms with Crippen molar-refractivity contribution in [2.75, 3.05) is 13.7 Å². The third-order valence-corrected chi connectivity index (χ3v) is 5.46. The van der Waals surface area contributed by atoms with E-state index >= 15 is 0 Å². The Balaban J connectivity index is 1.62. The molecule has 3 rings (SSSR count). The summed E-state index contributed by atoms with van der Waals surface area (Å²) in [6, 6.07) is 13.9. The highest BCUT2D eigenvalue weighted by atomic mass is 16.6. The quantitative estimate of drug-likeness (QED) is 0.206. The monoisotopic (exact) mass is 522 g/mol. The van der Waals surface area contributed by atoms with Gasteiger partial charge >= 0.3 is 0 Å². The van der Waals surface area contributed by atoms with Gasteiger partial charge in [-0.05, 0) is 49.1 Å². The van der Waals surface area contributed by atoms with Gasteiger partial charge in [0.2, 0.25) is 0 Å². The summed E-state index contributed by atoms with van der Waals surface area (Å²) in [5.41, 5.74) is 3.61. The number of amides is 2. The van der Waals surface area contributed by atoms with Crippen LogP contribution in [-0.4, -0.2) is 42.7 Å². The number of nitro benzene ring substituents is 1. The average Bonchev–Trinajstić information content (AvgIpc) is 3.35. The first kappa shape index (κ1) is 27.9. The minimum absolute atomic E-state index is 0.109. The Bertz CT molecular complexity index is 1320. The van der Waals surface area contributed by atoms with Crippen molar-refractivity contribution in [2.24, 2.45) is 11.0 Å². The number of rotatable bonds is 12. The molecule has 0 bridgehead atoms. The van der Waals surface area contributed by atoms with Gasteiger partial charge in [0.25, 0.3) is 17.5 Å². The van der Waals surface area contributed by atoms with Crippen LogP contribution in [0.3, 0.4) is 0 Å². The van der Waals surface area contributed by atoms with Gasteiger partial charge < -0.3 is 19.2 Å². The van der Waals surface area contributed by atoms with Crippen molar-refractivity contribution in [3.63, 3.8) is 0 Å². The lowest BCUT2D eigenvalue weighted by Gasteiger charge is -2.19. The Labute approximate surface area is 220 Å². The third-order valence-electron chi connectivity index (χ3n) is 5.46. The van der Waals surface area contributed by atoms with Crippen molar-refractivity contribution in [2.45, 2.75) is 33.2 Å². The first-order chi connectivity index (χ1) is 18.2. The Morgan fingerprint density at radius 2 is 1.89 bits per heavy atom. The predicted molar refractivity (Wildman–Crippen MR) is 141 cm³/mol. The normalized spacial score (nSPS) is 11.8. The van der Waals surface area contributed by atoms with Crippen LogP contribution in [0.25, 0.3) is 11.3 Å². The second-order valence-electron chi connectivity index (χ2n) is 8.88. The number of non-ortho nitro benzene ring substituents is 1. The maximum absolute atomic E-state index is 12.8. The van der Waals surface area contributed by atoms with Crippen molar-refractivity contribution < 1.29 is 28.4 Å². The topological polar surface area (TPSA) is 145 Å². The molecular weight excluding hydrogens is 492 g/mol. The number of aryl methyl sites for hydroxylation is 1. The zero-order chi connectivity index (χ0) is 27.7. The molecule has 1 heterocycles. The molecule has 11 nitrogen and oxygen atoms in total. The number of carbonyl (C=O) groups excluding carboxylic acids is 2. The van der Waals surface area contributed by atoms with E-state index in [2.05, 4.69) is 15.8 Å². The number of hydrazone groups is 1. The second-order valence-corrected chi connectivity index (χ2v) is 8.88. The molecule has 2 aromatic carbocycles. The van der Waals surface area contributed by atoms with Gasteiger partial charge in [-0.1, -0.05) is 32.0 Å². The van der Waals surface area contributed by atoms with Gasteiger partial charge in [-0.2, -0.15) is 5.10 Å². The number of nitro groups is 1. The summed E-state index contributed by atoms with van der Waals surface area (Å²) < 4.78 is 16.6. The smallest absolute Gasteiger partial charge is 0.270 e. The van der Waals surface area contributed by atoms with Crippen molar-refractivity contribution in [1.82, 2.24) is 10.7 Å². The predicted octanol–water partition coefficient (Wildman–Crippen LogP) is 4.23. The number of hydrogen-bond donors (Lipinski definition) is 2. The van der Waals surface area contributed by atoms with E-state index in [9.17, 15) is 19.7 Å². The van der Waals surface area contributed by atoms with Gasteiger partial charge in [-0.25, -0.2) is 5.43 Å². The molecule has 0 fully saturated rings. The van der Waals surface area contributed by atoms with E-state index in [0.29, 0.717) is 35.0 Å². The molecule has 0 aliphatic heterocycles. The van der Waals surface area contributed by atoms with E-state index in [1.807, 2.05) is 39.0 Å². The van der Waals surface area contributed by atoms with Crippen molar-refractivity contribution in [3.8, 4) is 22.8 Å². The summed E-state index contributed by atoms with van der Waals surface area (Å²) in [5.74, 6) is 0.829. The van der Waals surface area contributed by atoms with E-state index in [-0.39, 0.29) is 18.2 Å². The first-order valence-electron chi connectivity index (χ1n) is 11.9. The molecule has 0 aliphatic rings. The standard InChI is InChI=1S/C27H30N4O7/c1-17(2)13-22(29-26(32)16-37-23-8-6-5-7-18(23)3)27(33)30-28-15-20-10-12-25(38-20)21-14-19(31(34)35)9-11-24(21)36-4/h5-12,14-15,17,22H,13,16H2,1-4H3,(H,29,32)(H,30,33)/b28-15-/t22-/m0/s1. The average molecular weight is 523 g/mol. The molecule has 1 atom stereocenters. The largest absolute Gasteiger partial charge is 0.496 e. The summed E-state index contributed by atoms with van der Waals surface area (Å²) >= 11 is 0. The SMILES string of the molecule is COc1ccc([N+](=O)[O-])cc1-c1ccc(/C=N\NC(=O)[C@H](CC(C)C)NC(=O)COc2ccccc2C)o1. The van der Waals surface area contributed by atoms with Crippen LogP contribution < -0.4 is 20.2 Å². The minimum atomic E-state index is -0.818. The lowest BCUT2D eigenvalue weighted by Crippen LogP contribution is -2.47. The molecule has 2 N–H and O–H groups in total. The highest BCUT2D eigenvalue weighted by Crippen LogP contribution is 2.34. The molecular formula is C27H30N4O7. The van der Waals surface area contributed by atoms with E-state index in [1.165, 1.54) is 31.5 Å². The molecule has 2 amide bonds. The molecule has 0 saturated carbocycles. The lowest BCUT2D eigenvalue weighted by molar-refractivity contribution is -0.384. The molecule has 0 saturated heterocycles. The van der Waals surface area contributed by atoms with Crippen LogP contribution in [0.5, 0.6) is 11.5 Å². The maximum Gasteiger partial charge on any atom is 0.270 e. The molecule has 38 heavy (non-hydrogen) atoms. The van der Waals surface area contributed by atoms with Crippen LogP contribution in [0.15, 0.2) is 64.1 Å². The Kier molecular flexibility index (Phi) is 9.58.